The summed E-state index contributed by atoms with van der Waals surface area (Å²) >= 11 is 1.55. The highest BCUT2D eigenvalue weighted by Crippen LogP contribution is 2.44. The maximum Gasteiger partial charge on any atom is 0.338 e. The molecule has 31 heavy (non-hydrogen) atoms. The Labute approximate surface area is 183 Å². The van der Waals surface area contributed by atoms with Crippen LogP contribution in [0.3, 0.4) is 0 Å². The standard InChI is InChI=1S/C25H22O5S/c26-19(23-12-16-8-4-5-9-22(16)31-23)11-10-17-18-13-24(27)29-21(18)14-20(17)30-25(28)15-6-2-1-3-7-15/h1-12,17-21,26H,13-14H2. The molecule has 0 radical (unpaired) electrons. The smallest absolute Gasteiger partial charge is 0.338 e. The van der Waals surface area contributed by atoms with Gasteiger partial charge >= 0.3 is 11.9 Å². The van der Waals surface area contributed by atoms with Gasteiger partial charge in [0, 0.05) is 27.8 Å². The monoisotopic (exact) mass is 434 g/mol. The Morgan fingerprint density at radius 2 is 1.94 bits per heavy atom. The van der Waals surface area contributed by atoms with Gasteiger partial charge in [-0.25, -0.2) is 4.79 Å². The van der Waals surface area contributed by atoms with Crippen molar-refractivity contribution in [2.24, 2.45) is 11.8 Å². The second-order valence-electron chi connectivity index (χ2n) is 8.04. The number of hydrogen-bond donors (Lipinski definition) is 1. The molecule has 6 heteroatoms. The van der Waals surface area contributed by atoms with Crippen LogP contribution in [0.4, 0.5) is 0 Å². The Morgan fingerprint density at radius 3 is 2.74 bits per heavy atom. The van der Waals surface area contributed by atoms with Crippen molar-refractivity contribution >= 4 is 33.4 Å². The van der Waals surface area contributed by atoms with Gasteiger partial charge in [0.2, 0.25) is 0 Å². The lowest BCUT2D eigenvalue weighted by molar-refractivity contribution is -0.141. The number of hydrogen-bond acceptors (Lipinski definition) is 6. The first-order chi connectivity index (χ1) is 15.1. The average Bonchev–Trinajstić information content (AvgIpc) is 3.45. The summed E-state index contributed by atoms with van der Waals surface area (Å²) in [4.78, 5) is 25.2. The van der Waals surface area contributed by atoms with Gasteiger partial charge in [-0.1, -0.05) is 48.6 Å². The number of ether oxygens (including phenoxy) is 2. The number of carbonyl (C=O) groups is 2. The molecule has 1 saturated heterocycles. The molecule has 3 aromatic rings. The van der Waals surface area contributed by atoms with Crippen LogP contribution < -0.4 is 0 Å². The highest BCUT2D eigenvalue weighted by atomic mass is 32.1. The highest BCUT2D eigenvalue weighted by Gasteiger charge is 2.50. The first-order valence-electron chi connectivity index (χ1n) is 10.4. The van der Waals surface area contributed by atoms with Crippen LogP contribution in [0.25, 0.3) is 10.1 Å². The maximum absolute atomic E-state index is 12.6. The normalized spacial score (nSPS) is 26.2. The largest absolute Gasteiger partial charge is 0.462 e. The van der Waals surface area contributed by atoms with E-state index >= 15 is 0 Å². The van der Waals surface area contributed by atoms with Crippen LogP contribution in [-0.2, 0) is 14.3 Å². The van der Waals surface area contributed by atoms with Gasteiger partial charge in [-0.05, 0) is 29.7 Å². The predicted octanol–water partition coefficient (Wildman–Crippen LogP) is 4.67. The van der Waals surface area contributed by atoms with Gasteiger partial charge in [0.15, 0.2) is 0 Å². The van der Waals surface area contributed by atoms with Gasteiger partial charge in [-0.3, -0.25) is 4.79 Å². The van der Waals surface area contributed by atoms with Crippen LogP contribution in [0.5, 0.6) is 0 Å². The van der Waals surface area contributed by atoms with Crippen molar-refractivity contribution in [3.8, 4) is 0 Å². The van der Waals surface area contributed by atoms with Gasteiger partial charge in [0.25, 0.3) is 0 Å². The molecule has 1 aliphatic heterocycles. The summed E-state index contributed by atoms with van der Waals surface area (Å²) < 4.78 is 12.4. The fourth-order valence-corrected chi connectivity index (χ4v) is 5.58. The molecule has 5 unspecified atom stereocenters. The first-order valence-corrected chi connectivity index (χ1v) is 11.2. The van der Waals surface area contributed by atoms with Gasteiger partial charge in [-0.2, -0.15) is 0 Å². The summed E-state index contributed by atoms with van der Waals surface area (Å²) in [6.45, 7) is 0. The van der Waals surface area contributed by atoms with E-state index in [0.717, 1.165) is 15.0 Å². The molecule has 0 spiro atoms. The lowest BCUT2D eigenvalue weighted by Crippen LogP contribution is -2.24. The number of carbonyl (C=O) groups excluding carboxylic acids is 2. The van der Waals surface area contributed by atoms with E-state index in [4.69, 9.17) is 9.47 Å². The molecule has 5 atom stereocenters. The highest BCUT2D eigenvalue weighted by molar-refractivity contribution is 7.19. The summed E-state index contributed by atoms with van der Waals surface area (Å²) in [5, 5.41) is 11.8. The summed E-state index contributed by atoms with van der Waals surface area (Å²) in [6.07, 6.45) is 2.99. The molecule has 2 aliphatic rings. The number of benzene rings is 2. The van der Waals surface area contributed by atoms with E-state index < -0.39 is 12.2 Å². The van der Waals surface area contributed by atoms with E-state index in [9.17, 15) is 14.7 Å². The molecule has 2 heterocycles. The third-order valence-corrected chi connectivity index (χ3v) is 7.26. The van der Waals surface area contributed by atoms with Crippen molar-refractivity contribution in [1.82, 2.24) is 0 Å². The van der Waals surface area contributed by atoms with Crippen molar-refractivity contribution in [3.05, 3.63) is 83.3 Å². The number of thiophene rings is 1. The number of rotatable bonds is 5. The van der Waals surface area contributed by atoms with Crippen LogP contribution in [0.1, 0.15) is 34.2 Å². The summed E-state index contributed by atoms with van der Waals surface area (Å²) in [5.41, 5.74) is 0.490. The average molecular weight is 435 g/mol. The molecular formula is C25H22O5S. The van der Waals surface area contributed by atoms with E-state index in [1.54, 1.807) is 41.7 Å². The SMILES string of the molecule is O=C1CC2C(CC(OC(=O)c3ccccc3)C2C=CC(O)c2cc3ccccc3s2)O1. The molecule has 1 aliphatic carbocycles. The minimum absolute atomic E-state index is 0.0491. The van der Waals surface area contributed by atoms with Crippen LogP contribution in [0, 0.1) is 11.8 Å². The number of aliphatic hydroxyl groups is 1. The van der Waals surface area contributed by atoms with E-state index in [0.29, 0.717) is 18.4 Å². The van der Waals surface area contributed by atoms with E-state index in [1.165, 1.54) is 0 Å². The molecule has 1 aromatic heterocycles. The second-order valence-corrected chi connectivity index (χ2v) is 9.15. The molecule has 0 amide bonds. The van der Waals surface area contributed by atoms with Crippen molar-refractivity contribution in [2.75, 3.05) is 0 Å². The predicted molar refractivity (Wildman–Crippen MR) is 118 cm³/mol. The summed E-state index contributed by atoms with van der Waals surface area (Å²) in [7, 11) is 0. The maximum atomic E-state index is 12.6. The van der Waals surface area contributed by atoms with Crippen LogP contribution >= 0.6 is 11.3 Å². The fraction of sp³-hybridized carbons (Fsp3) is 0.280. The van der Waals surface area contributed by atoms with E-state index in [2.05, 4.69) is 0 Å². The van der Waals surface area contributed by atoms with Crippen LogP contribution in [0.15, 0.2) is 72.8 Å². The number of aliphatic hydroxyl groups excluding tert-OH is 1. The Kier molecular flexibility index (Phi) is 5.34. The Hall–Kier alpha value is -2.96. The molecule has 2 fully saturated rings. The quantitative estimate of drug-likeness (QED) is 0.467. The Bertz CT molecular complexity index is 1100. The minimum Gasteiger partial charge on any atom is -0.462 e. The Balaban J connectivity index is 1.35. The van der Waals surface area contributed by atoms with Crippen molar-refractivity contribution in [2.45, 2.75) is 31.2 Å². The third-order valence-electron chi connectivity index (χ3n) is 6.07. The lowest BCUT2D eigenvalue weighted by Gasteiger charge is -2.20. The van der Waals surface area contributed by atoms with Gasteiger partial charge in [-0.15, -0.1) is 11.3 Å². The zero-order valence-corrected chi connectivity index (χ0v) is 17.5. The van der Waals surface area contributed by atoms with Gasteiger partial charge < -0.3 is 14.6 Å². The molecule has 2 aromatic carbocycles. The summed E-state index contributed by atoms with van der Waals surface area (Å²) in [5.74, 6) is -0.841. The van der Waals surface area contributed by atoms with Crippen LogP contribution in [-0.4, -0.2) is 29.3 Å². The molecular weight excluding hydrogens is 412 g/mol. The molecule has 5 nitrogen and oxygen atoms in total. The molecule has 5 rings (SSSR count). The first kappa shape index (κ1) is 20.0. The zero-order chi connectivity index (χ0) is 21.4. The number of fused-ring (bicyclic) bond motifs is 2. The van der Waals surface area contributed by atoms with Gasteiger partial charge in [0.1, 0.15) is 18.3 Å². The molecule has 1 N–H and O–H groups in total. The fourth-order valence-electron chi connectivity index (χ4n) is 4.55. The topological polar surface area (TPSA) is 72.8 Å². The van der Waals surface area contributed by atoms with E-state index in [1.807, 2.05) is 42.5 Å². The summed E-state index contributed by atoms with van der Waals surface area (Å²) in [6, 6.07) is 18.9. The second kappa shape index (κ2) is 8.29. The zero-order valence-electron chi connectivity index (χ0n) is 16.7. The molecule has 1 saturated carbocycles. The van der Waals surface area contributed by atoms with Crippen molar-refractivity contribution < 1.29 is 24.2 Å². The Morgan fingerprint density at radius 1 is 1.16 bits per heavy atom. The molecule has 0 bridgehead atoms. The van der Waals surface area contributed by atoms with Crippen LogP contribution in [0.2, 0.25) is 0 Å². The van der Waals surface area contributed by atoms with Crippen molar-refractivity contribution in [1.29, 1.82) is 0 Å². The molecule has 158 valence electrons. The minimum atomic E-state index is -0.764. The van der Waals surface area contributed by atoms with E-state index in [-0.39, 0.29) is 29.9 Å². The lowest BCUT2D eigenvalue weighted by atomic mass is 9.91. The third kappa shape index (κ3) is 4.01. The van der Waals surface area contributed by atoms with Gasteiger partial charge in [0.05, 0.1) is 12.0 Å². The number of esters is 2. The van der Waals surface area contributed by atoms with Crippen molar-refractivity contribution in [3.63, 3.8) is 0 Å².